The van der Waals surface area contributed by atoms with Crippen molar-refractivity contribution in [3.8, 4) is 0 Å². The molecule has 21 heavy (non-hydrogen) atoms. The van der Waals surface area contributed by atoms with Gasteiger partial charge in [-0.3, -0.25) is 4.79 Å². The van der Waals surface area contributed by atoms with Crippen molar-refractivity contribution in [3.63, 3.8) is 0 Å². The summed E-state index contributed by atoms with van der Waals surface area (Å²) < 4.78 is 0. The smallest absolute Gasteiger partial charge is 0.257 e. The molecule has 0 aliphatic heterocycles. The zero-order chi connectivity index (χ0) is 15.1. The molecule has 0 radical (unpaired) electrons. The van der Waals surface area contributed by atoms with Crippen LogP contribution in [0.25, 0.3) is 6.08 Å². The molecule has 0 fully saturated rings. The van der Waals surface area contributed by atoms with Crippen LogP contribution in [0.2, 0.25) is 0 Å². The lowest BCUT2D eigenvalue weighted by Crippen LogP contribution is -2.14. The quantitative estimate of drug-likeness (QED) is 0.878. The summed E-state index contributed by atoms with van der Waals surface area (Å²) in [6.45, 7) is 4.06. The number of hydrogen-bond donors (Lipinski definition) is 1. The van der Waals surface area contributed by atoms with Gasteiger partial charge in [-0.2, -0.15) is 0 Å². The second-order valence-corrected chi connectivity index (χ2v) is 4.91. The fourth-order valence-corrected chi connectivity index (χ4v) is 2.00. The molecule has 0 spiro atoms. The zero-order valence-electron chi connectivity index (χ0n) is 12.5. The minimum atomic E-state index is -0.129. The molecule has 1 aromatic heterocycles. The molecule has 0 bridgehead atoms. The maximum absolute atomic E-state index is 12.2. The fraction of sp³-hybridized carbons (Fsp3) is 0.222. The number of benzene rings is 1. The minimum Gasteiger partial charge on any atom is -0.307 e. The number of nitrogens with zero attached hydrogens (tertiary/aromatic N) is 1. The maximum atomic E-state index is 12.2. The van der Waals surface area contributed by atoms with Crippen molar-refractivity contribution in [1.29, 1.82) is 0 Å². The van der Waals surface area contributed by atoms with Crippen LogP contribution in [0.4, 0.5) is 5.82 Å². The molecule has 108 valence electrons. The monoisotopic (exact) mass is 280 g/mol. The lowest BCUT2D eigenvalue weighted by Gasteiger charge is -2.07. The standard InChI is InChI=1S/C18H20N2O/c1-3-4-5-10-15-11-8-13-17(19-15)20-18(21)16-12-7-6-9-14(16)2/h5-13H,3-4H2,1-2H3,(H,19,20,21)/b10-5+. The molecule has 1 N–H and O–H groups in total. The van der Waals surface area contributed by atoms with E-state index in [1.807, 2.05) is 49.4 Å². The highest BCUT2D eigenvalue weighted by atomic mass is 16.1. The molecule has 3 heteroatoms. The summed E-state index contributed by atoms with van der Waals surface area (Å²) in [6, 6.07) is 13.1. The molecule has 2 rings (SSSR count). The van der Waals surface area contributed by atoms with Crippen LogP contribution in [-0.2, 0) is 0 Å². The number of amides is 1. The fourth-order valence-electron chi connectivity index (χ4n) is 2.00. The van der Waals surface area contributed by atoms with Crippen molar-refractivity contribution in [3.05, 3.63) is 65.4 Å². The molecule has 0 unspecified atom stereocenters. The van der Waals surface area contributed by atoms with Crippen LogP contribution < -0.4 is 5.32 Å². The highest BCUT2D eigenvalue weighted by Gasteiger charge is 2.08. The first-order chi connectivity index (χ1) is 10.2. The number of hydrogen-bond acceptors (Lipinski definition) is 2. The van der Waals surface area contributed by atoms with Gasteiger partial charge in [0.05, 0.1) is 5.69 Å². The Kier molecular flexibility index (Phi) is 5.27. The molecule has 0 saturated carbocycles. The van der Waals surface area contributed by atoms with E-state index in [4.69, 9.17) is 0 Å². The molecule has 0 saturated heterocycles. The number of aryl methyl sites for hydroxylation is 1. The van der Waals surface area contributed by atoms with Crippen molar-refractivity contribution < 1.29 is 4.79 Å². The molecule has 2 aromatic rings. The first-order valence-corrected chi connectivity index (χ1v) is 7.21. The Hall–Kier alpha value is -2.42. The van der Waals surface area contributed by atoms with Gasteiger partial charge in [-0.25, -0.2) is 4.98 Å². The third-order valence-corrected chi connectivity index (χ3v) is 3.15. The lowest BCUT2D eigenvalue weighted by molar-refractivity contribution is 0.102. The van der Waals surface area contributed by atoms with Crippen LogP contribution in [0, 0.1) is 6.92 Å². The average Bonchev–Trinajstić information content (AvgIpc) is 2.48. The van der Waals surface area contributed by atoms with Crippen LogP contribution in [0.5, 0.6) is 0 Å². The minimum absolute atomic E-state index is 0.129. The Balaban J connectivity index is 2.11. The number of anilines is 1. The van der Waals surface area contributed by atoms with Gasteiger partial charge in [0.2, 0.25) is 0 Å². The van der Waals surface area contributed by atoms with E-state index < -0.39 is 0 Å². The Morgan fingerprint density at radius 1 is 1.19 bits per heavy atom. The van der Waals surface area contributed by atoms with Crippen molar-refractivity contribution in [2.45, 2.75) is 26.7 Å². The summed E-state index contributed by atoms with van der Waals surface area (Å²) in [7, 11) is 0. The average molecular weight is 280 g/mol. The predicted molar refractivity (Wildman–Crippen MR) is 87.3 cm³/mol. The third-order valence-electron chi connectivity index (χ3n) is 3.15. The number of rotatable bonds is 5. The SMILES string of the molecule is CCC/C=C/c1cccc(NC(=O)c2ccccc2C)n1. The number of carbonyl (C=O) groups excluding carboxylic acids is 1. The topological polar surface area (TPSA) is 42.0 Å². The molecule has 0 aliphatic rings. The van der Waals surface area contributed by atoms with Crippen molar-refractivity contribution in [2.75, 3.05) is 5.32 Å². The largest absolute Gasteiger partial charge is 0.307 e. The Bertz CT molecular complexity index is 647. The lowest BCUT2D eigenvalue weighted by atomic mass is 10.1. The van der Waals surface area contributed by atoms with Crippen LogP contribution in [0.1, 0.15) is 41.4 Å². The summed E-state index contributed by atoms with van der Waals surface area (Å²) in [4.78, 5) is 16.7. The predicted octanol–water partition coefficient (Wildman–Crippen LogP) is 4.46. The van der Waals surface area contributed by atoms with E-state index in [9.17, 15) is 4.79 Å². The zero-order valence-corrected chi connectivity index (χ0v) is 12.5. The normalized spacial score (nSPS) is 10.8. The van der Waals surface area contributed by atoms with E-state index in [-0.39, 0.29) is 5.91 Å². The van der Waals surface area contributed by atoms with Gasteiger partial charge in [-0.05, 0) is 43.2 Å². The van der Waals surface area contributed by atoms with Crippen molar-refractivity contribution in [2.24, 2.45) is 0 Å². The van der Waals surface area contributed by atoms with E-state index in [1.165, 1.54) is 0 Å². The number of pyridine rings is 1. The van der Waals surface area contributed by atoms with Crippen LogP contribution in [0.3, 0.4) is 0 Å². The van der Waals surface area contributed by atoms with Crippen molar-refractivity contribution >= 4 is 17.8 Å². The van der Waals surface area contributed by atoms with Gasteiger partial charge in [-0.15, -0.1) is 0 Å². The summed E-state index contributed by atoms with van der Waals surface area (Å²) in [5, 5.41) is 2.85. The highest BCUT2D eigenvalue weighted by molar-refractivity contribution is 6.04. The Morgan fingerprint density at radius 3 is 2.76 bits per heavy atom. The van der Waals surface area contributed by atoms with Crippen LogP contribution in [-0.4, -0.2) is 10.9 Å². The molecule has 0 aliphatic carbocycles. The summed E-state index contributed by atoms with van der Waals surface area (Å²) in [5.41, 5.74) is 2.48. The van der Waals surface area contributed by atoms with Crippen molar-refractivity contribution in [1.82, 2.24) is 4.98 Å². The van der Waals surface area contributed by atoms with Gasteiger partial charge in [0.15, 0.2) is 0 Å². The molecule has 1 amide bonds. The summed E-state index contributed by atoms with van der Waals surface area (Å²) in [6.07, 6.45) is 6.21. The van der Waals surface area contributed by atoms with Gasteiger partial charge >= 0.3 is 0 Å². The van der Waals surface area contributed by atoms with E-state index in [0.29, 0.717) is 11.4 Å². The Morgan fingerprint density at radius 2 is 2.00 bits per heavy atom. The Labute approximate surface area is 125 Å². The van der Waals surface area contributed by atoms with Gasteiger partial charge < -0.3 is 5.32 Å². The van der Waals surface area contributed by atoms with Crippen LogP contribution >= 0.6 is 0 Å². The van der Waals surface area contributed by atoms with E-state index in [0.717, 1.165) is 24.1 Å². The van der Waals surface area contributed by atoms with Gasteiger partial charge in [-0.1, -0.05) is 43.7 Å². The van der Waals surface area contributed by atoms with Gasteiger partial charge in [0, 0.05) is 5.56 Å². The van der Waals surface area contributed by atoms with E-state index >= 15 is 0 Å². The molecule has 0 atom stereocenters. The van der Waals surface area contributed by atoms with Crippen LogP contribution in [0.15, 0.2) is 48.5 Å². The first kappa shape index (κ1) is 15.0. The number of carbonyl (C=O) groups is 1. The molecule has 3 nitrogen and oxygen atoms in total. The highest BCUT2D eigenvalue weighted by Crippen LogP contribution is 2.12. The molecule has 1 heterocycles. The first-order valence-electron chi connectivity index (χ1n) is 7.21. The number of unbranched alkanes of at least 4 members (excludes halogenated alkanes) is 1. The number of allylic oxidation sites excluding steroid dienone is 1. The number of nitrogens with one attached hydrogen (secondary N) is 1. The second kappa shape index (κ2) is 7.39. The molecular formula is C18H20N2O. The summed E-state index contributed by atoms with van der Waals surface area (Å²) in [5.74, 6) is 0.442. The van der Waals surface area contributed by atoms with Gasteiger partial charge in [0.1, 0.15) is 5.82 Å². The maximum Gasteiger partial charge on any atom is 0.257 e. The third kappa shape index (κ3) is 4.28. The van der Waals surface area contributed by atoms with E-state index in [1.54, 1.807) is 6.07 Å². The van der Waals surface area contributed by atoms with E-state index in [2.05, 4.69) is 23.3 Å². The molecule has 1 aromatic carbocycles. The molecular weight excluding hydrogens is 260 g/mol. The van der Waals surface area contributed by atoms with Gasteiger partial charge in [0.25, 0.3) is 5.91 Å². The number of aromatic nitrogens is 1. The summed E-state index contributed by atoms with van der Waals surface area (Å²) >= 11 is 0. The second-order valence-electron chi connectivity index (χ2n) is 4.91.